The quantitative estimate of drug-likeness (QED) is 0.640. The number of rotatable bonds is 1. The molecule has 0 saturated carbocycles. The van der Waals surface area contributed by atoms with Gasteiger partial charge in [-0.2, -0.15) is 5.10 Å². The van der Waals surface area contributed by atoms with Crippen LogP contribution in [0.5, 0.6) is 0 Å². The zero-order valence-corrected chi connectivity index (χ0v) is 7.23. The van der Waals surface area contributed by atoms with Crippen molar-refractivity contribution in [2.45, 2.75) is 19.9 Å². The van der Waals surface area contributed by atoms with E-state index in [0.29, 0.717) is 6.04 Å². The zero-order valence-electron chi connectivity index (χ0n) is 7.23. The first-order valence-corrected chi connectivity index (χ1v) is 4.06. The van der Waals surface area contributed by atoms with Gasteiger partial charge in [0, 0.05) is 23.8 Å². The average molecular weight is 161 g/mol. The van der Waals surface area contributed by atoms with Crippen LogP contribution in [0.4, 0.5) is 0 Å². The molecule has 0 N–H and O–H groups in total. The van der Waals surface area contributed by atoms with E-state index in [0.717, 1.165) is 10.9 Å². The maximum absolute atomic E-state index is 4.37. The van der Waals surface area contributed by atoms with Crippen LogP contribution in [0.3, 0.4) is 0 Å². The molecule has 0 aliphatic heterocycles. The van der Waals surface area contributed by atoms with E-state index in [4.69, 9.17) is 0 Å². The number of fused-ring (bicyclic) bond motifs is 1. The van der Waals surface area contributed by atoms with Crippen LogP contribution < -0.4 is 0 Å². The van der Waals surface area contributed by atoms with Crippen LogP contribution in [-0.4, -0.2) is 14.8 Å². The first-order valence-electron chi connectivity index (χ1n) is 4.06. The Kier molecular flexibility index (Phi) is 1.57. The molecule has 2 heterocycles. The number of aromatic nitrogens is 3. The Morgan fingerprint density at radius 1 is 1.42 bits per heavy atom. The highest BCUT2D eigenvalue weighted by molar-refractivity contribution is 5.76. The van der Waals surface area contributed by atoms with Gasteiger partial charge in [-0.1, -0.05) is 0 Å². The molecule has 2 rings (SSSR count). The van der Waals surface area contributed by atoms with Gasteiger partial charge in [0.1, 0.15) is 5.52 Å². The summed E-state index contributed by atoms with van der Waals surface area (Å²) in [5.74, 6) is 0. The molecule has 0 amide bonds. The Morgan fingerprint density at radius 3 is 2.92 bits per heavy atom. The predicted molar refractivity (Wildman–Crippen MR) is 47.9 cm³/mol. The predicted octanol–water partition coefficient (Wildman–Crippen LogP) is 2.01. The van der Waals surface area contributed by atoms with Gasteiger partial charge in [-0.3, -0.25) is 9.67 Å². The lowest BCUT2D eigenvalue weighted by Gasteiger charge is -2.02. The molecule has 0 unspecified atom stereocenters. The zero-order chi connectivity index (χ0) is 8.55. The third-order valence-corrected chi connectivity index (χ3v) is 1.86. The summed E-state index contributed by atoms with van der Waals surface area (Å²) in [6.45, 7) is 4.22. The van der Waals surface area contributed by atoms with Gasteiger partial charge in [-0.15, -0.1) is 0 Å². The van der Waals surface area contributed by atoms with E-state index in [1.54, 1.807) is 12.4 Å². The van der Waals surface area contributed by atoms with Crippen LogP contribution >= 0.6 is 0 Å². The van der Waals surface area contributed by atoms with Crippen LogP contribution in [0, 0.1) is 0 Å². The second-order valence-corrected chi connectivity index (χ2v) is 3.14. The van der Waals surface area contributed by atoms with Gasteiger partial charge in [0.15, 0.2) is 0 Å². The minimum absolute atomic E-state index is 0.414. The molecule has 0 radical (unpaired) electrons. The van der Waals surface area contributed by atoms with E-state index in [-0.39, 0.29) is 0 Å². The normalized spacial score (nSPS) is 11.2. The van der Waals surface area contributed by atoms with Crippen LogP contribution in [0.15, 0.2) is 24.7 Å². The van der Waals surface area contributed by atoms with Gasteiger partial charge in [0.2, 0.25) is 0 Å². The summed E-state index contributed by atoms with van der Waals surface area (Å²) < 4.78 is 1.95. The molecule has 0 fully saturated rings. The van der Waals surface area contributed by atoms with E-state index in [9.17, 15) is 0 Å². The first kappa shape index (κ1) is 7.28. The Labute approximate surface area is 71.0 Å². The fraction of sp³-hybridized carbons (Fsp3) is 0.333. The van der Waals surface area contributed by atoms with E-state index >= 15 is 0 Å². The molecule has 2 aromatic rings. The maximum Gasteiger partial charge on any atom is 0.111 e. The molecule has 12 heavy (non-hydrogen) atoms. The largest absolute Gasteiger partial charge is 0.269 e. The van der Waals surface area contributed by atoms with Gasteiger partial charge in [0.05, 0.1) is 6.20 Å². The lowest BCUT2D eigenvalue weighted by atomic mass is 10.3. The van der Waals surface area contributed by atoms with Gasteiger partial charge >= 0.3 is 0 Å². The molecule has 2 aromatic heterocycles. The van der Waals surface area contributed by atoms with E-state index in [2.05, 4.69) is 23.9 Å². The van der Waals surface area contributed by atoms with Gasteiger partial charge in [-0.25, -0.2) is 0 Å². The third-order valence-electron chi connectivity index (χ3n) is 1.86. The SMILES string of the molecule is CC(C)n1cc2ccncc2n1. The lowest BCUT2D eigenvalue weighted by Crippen LogP contribution is -1.99. The molecule has 0 saturated heterocycles. The van der Waals surface area contributed by atoms with Crippen molar-refractivity contribution in [3.63, 3.8) is 0 Å². The van der Waals surface area contributed by atoms with Crippen molar-refractivity contribution in [3.05, 3.63) is 24.7 Å². The molecule has 0 spiro atoms. The van der Waals surface area contributed by atoms with Crippen molar-refractivity contribution >= 4 is 10.9 Å². The molecule has 0 aromatic carbocycles. The second kappa shape index (κ2) is 2.59. The van der Waals surface area contributed by atoms with Crippen molar-refractivity contribution < 1.29 is 0 Å². The molecule has 3 heteroatoms. The minimum atomic E-state index is 0.414. The monoisotopic (exact) mass is 161 g/mol. The molecule has 0 bridgehead atoms. The molecule has 0 atom stereocenters. The summed E-state index contributed by atoms with van der Waals surface area (Å²) >= 11 is 0. The topological polar surface area (TPSA) is 30.7 Å². The summed E-state index contributed by atoms with van der Waals surface area (Å²) in [6.07, 6.45) is 5.62. The first-order chi connectivity index (χ1) is 5.77. The third kappa shape index (κ3) is 1.07. The van der Waals surface area contributed by atoms with Crippen molar-refractivity contribution in [3.8, 4) is 0 Å². The van der Waals surface area contributed by atoms with E-state index in [1.807, 2.05) is 16.9 Å². The highest BCUT2D eigenvalue weighted by Crippen LogP contribution is 2.12. The van der Waals surface area contributed by atoms with Crippen LogP contribution in [0.2, 0.25) is 0 Å². The summed E-state index contributed by atoms with van der Waals surface area (Å²) in [4.78, 5) is 4.01. The summed E-state index contributed by atoms with van der Waals surface area (Å²) in [5.41, 5.74) is 0.964. The van der Waals surface area contributed by atoms with Crippen molar-refractivity contribution in [2.75, 3.05) is 0 Å². The van der Waals surface area contributed by atoms with Gasteiger partial charge < -0.3 is 0 Å². The molecular weight excluding hydrogens is 150 g/mol. The Hall–Kier alpha value is -1.38. The van der Waals surface area contributed by atoms with Crippen molar-refractivity contribution in [1.29, 1.82) is 0 Å². The van der Waals surface area contributed by atoms with Crippen LogP contribution in [0.25, 0.3) is 10.9 Å². The lowest BCUT2D eigenvalue weighted by molar-refractivity contribution is 0.537. The van der Waals surface area contributed by atoms with Gasteiger partial charge in [-0.05, 0) is 19.9 Å². The molecule has 0 aliphatic carbocycles. The number of pyridine rings is 1. The summed E-state index contributed by atoms with van der Waals surface area (Å²) in [6, 6.07) is 2.39. The summed E-state index contributed by atoms with van der Waals surface area (Å²) in [7, 11) is 0. The minimum Gasteiger partial charge on any atom is -0.269 e. The number of hydrogen-bond donors (Lipinski definition) is 0. The van der Waals surface area contributed by atoms with Gasteiger partial charge in [0.25, 0.3) is 0 Å². The molecule has 0 aliphatic rings. The Morgan fingerprint density at radius 2 is 2.25 bits per heavy atom. The van der Waals surface area contributed by atoms with E-state index in [1.165, 1.54) is 0 Å². The molecule has 3 nitrogen and oxygen atoms in total. The highest BCUT2D eigenvalue weighted by atomic mass is 15.3. The molecule has 62 valence electrons. The second-order valence-electron chi connectivity index (χ2n) is 3.14. The summed E-state index contributed by atoms with van der Waals surface area (Å²) in [5, 5.41) is 5.52. The average Bonchev–Trinajstić information content (AvgIpc) is 2.46. The van der Waals surface area contributed by atoms with Crippen LogP contribution in [-0.2, 0) is 0 Å². The van der Waals surface area contributed by atoms with Crippen LogP contribution in [0.1, 0.15) is 19.9 Å². The van der Waals surface area contributed by atoms with E-state index < -0.39 is 0 Å². The smallest absolute Gasteiger partial charge is 0.111 e. The maximum atomic E-state index is 4.37. The molecular formula is C9H11N3. The highest BCUT2D eigenvalue weighted by Gasteiger charge is 2.01. The Balaban J connectivity index is 2.62. The van der Waals surface area contributed by atoms with Crippen molar-refractivity contribution in [2.24, 2.45) is 0 Å². The Bertz CT molecular complexity index is 356. The number of hydrogen-bond acceptors (Lipinski definition) is 2. The standard InChI is InChI=1S/C9H11N3/c1-7(2)12-6-8-3-4-10-5-9(8)11-12/h3-7H,1-2H3. The van der Waals surface area contributed by atoms with Crippen molar-refractivity contribution in [1.82, 2.24) is 14.8 Å². The number of nitrogens with zero attached hydrogens (tertiary/aromatic N) is 3. The fourth-order valence-corrected chi connectivity index (χ4v) is 1.15. The fourth-order valence-electron chi connectivity index (χ4n) is 1.15.